The van der Waals surface area contributed by atoms with Gasteiger partial charge >= 0.3 is 0 Å². The monoisotopic (exact) mass is 373 g/mol. The Balaban J connectivity index is 1.72. The first-order valence-corrected chi connectivity index (χ1v) is 8.90. The van der Waals surface area contributed by atoms with Crippen molar-refractivity contribution in [3.05, 3.63) is 69.6 Å². The van der Waals surface area contributed by atoms with Crippen molar-refractivity contribution in [3.63, 3.8) is 0 Å². The molecule has 3 aromatic rings. The summed E-state index contributed by atoms with van der Waals surface area (Å²) in [5.41, 5.74) is 0.634. The minimum Gasteiger partial charge on any atom is -0.384 e. The fourth-order valence-corrected chi connectivity index (χ4v) is 3.15. The zero-order chi connectivity index (χ0) is 17.9. The van der Waals surface area contributed by atoms with Crippen LogP contribution in [-0.4, -0.2) is 27.5 Å². The predicted octanol–water partition coefficient (Wildman–Crippen LogP) is 3.50. The molecule has 1 aromatic carbocycles. The van der Waals surface area contributed by atoms with Crippen LogP contribution in [0.5, 0.6) is 0 Å². The van der Waals surface area contributed by atoms with E-state index >= 15 is 0 Å². The molecule has 1 atom stereocenters. The van der Waals surface area contributed by atoms with Crippen molar-refractivity contribution in [3.8, 4) is 11.4 Å². The second-order valence-corrected chi connectivity index (χ2v) is 6.96. The number of amides is 1. The molecule has 0 fully saturated rings. The average molecular weight is 374 g/mol. The second-order valence-electron chi connectivity index (χ2n) is 5.74. The summed E-state index contributed by atoms with van der Waals surface area (Å²) in [7, 11) is 0. The second kappa shape index (κ2) is 7.31. The van der Waals surface area contributed by atoms with Gasteiger partial charge in [0.15, 0.2) is 5.82 Å². The van der Waals surface area contributed by atoms with Crippen molar-refractivity contribution in [2.75, 3.05) is 6.54 Å². The van der Waals surface area contributed by atoms with E-state index in [1.807, 2.05) is 16.8 Å². The number of benzene rings is 1. The van der Waals surface area contributed by atoms with Crippen LogP contribution in [0.1, 0.15) is 23.0 Å². The van der Waals surface area contributed by atoms with Crippen LogP contribution in [0.3, 0.4) is 0 Å². The van der Waals surface area contributed by atoms with Gasteiger partial charge in [0.05, 0.1) is 6.54 Å². The fraction of sp³-hybridized carbons (Fsp3) is 0.167. The molecule has 25 heavy (non-hydrogen) atoms. The molecule has 1 amide bonds. The highest BCUT2D eigenvalue weighted by Gasteiger charge is 2.24. The summed E-state index contributed by atoms with van der Waals surface area (Å²) in [6.07, 6.45) is 1.53. The lowest BCUT2D eigenvalue weighted by Gasteiger charge is -2.22. The van der Waals surface area contributed by atoms with E-state index < -0.39 is 5.60 Å². The van der Waals surface area contributed by atoms with Crippen LogP contribution in [-0.2, 0) is 5.60 Å². The zero-order valence-corrected chi connectivity index (χ0v) is 15.0. The molecule has 0 radical (unpaired) electrons. The molecule has 0 saturated heterocycles. The minimum atomic E-state index is -1.14. The summed E-state index contributed by atoms with van der Waals surface area (Å²) in [5, 5.41) is 17.6. The Labute approximate surface area is 154 Å². The standard InChI is InChI=1S/C18H16ClN3O2S/c1-18(24,13-7-9-25-10-13)11-21-17(23)15-6-8-20-16(22-15)12-2-4-14(19)5-3-12/h2-10,24H,11H2,1H3,(H,21,23). The lowest BCUT2D eigenvalue weighted by atomic mass is 9.99. The number of hydrogen-bond donors (Lipinski definition) is 2. The summed E-state index contributed by atoms with van der Waals surface area (Å²) in [6.45, 7) is 1.75. The Kier molecular flexibility index (Phi) is 5.13. The summed E-state index contributed by atoms with van der Waals surface area (Å²) in [4.78, 5) is 20.8. The van der Waals surface area contributed by atoms with E-state index in [2.05, 4.69) is 15.3 Å². The average Bonchev–Trinajstić information content (AvgIpc) is 3.16. The third-order valence-corrected chi connectivity index (χ3v) is 4.66. The van der Waals surface area contributed by atoms with Crippen molar-refractivity contribution in [2.45, 2.75) is 12.5 Å². The zero-order valence-electron chi connectivity index (χ0n) is 13.4. The van der Waals surface area contributed by atoms with Crippen molar-refractivity contribution < 1.29 is 9.90 Å². The molecule has 0 saturated carbocycles. The fourth-order valence-electron chi connectivity index (χ4n) is 2.24. The minimum absolute atomic E-state index is 0.0862. The third-order valence-electron chi connectivity index (χ3n) is 3.73. The maximum absolute atomic E-state index is 12.4. The Hall–Kier alpha value is -2.28. The highest BCUT2D eigenvalue weighted by Crippen LogP contribution is 2.22. The summed E-state index contributed by atoms with van der Waals surface area (Å²) in [6, 6.07) is 10.4. The third kappa shape index (κ3) is 4.22. The van der Waals surface area contributed by atoms with Gasteiger partial charge in [0.25, 0.3) is 5.91 Å². The SMILES string of the molecule is CC(O)(CNC(=O)c1ccnc(-c2ccc(Cl)cc2)n1)c1ccsc1. The molecule has 0 aliphatic rings. The number of rotatable bonds is 5. The van der Waals surface area contributed by atoms with Gasteiger partial charge in [-0.15, -0.1) is 0 Å². The number of aliphatic hydroxyl groups is 1. The number of thiophene rings is 1. The quantitative estimate of drug-likeness (QED) is 0.717. The van der Waals surface area contributed by atoms with Gasteiger partial charge in [-0.1, -0.05) is 11.6 Å². The Morgan fingerprint density at radius 1 is 1.28 bits per heavy atom. The first-order chi connectivity index (χ1) is 12.0. The Morgan fingerprint density at radius 2 is 2.04 bits per heavy atom. The number of carbonyl (C=O) groups is 1. The van der Waals surface area contributed by atoms with Crippen LogP contribution in [0.4, 0.5) is 0 Å². The number of carbonyl (C=O) groups excluding carboxylic acids is 1. The summed E-state index contributed by atoms with van der Waals surface area (Å²) >= 11 is 7.37. The molecule has 1 unspecified atom stereocenters. The van der Waals surface area contributed by atoms with Crippen molar-refractivity contribution >= 4 is 28.8 Å². The molecule has 2 heterocycles. The van der Waals surface area contributed by atoms with Crippen molar-refractivity contribution in [1.29, 1.82) is 0 Å². The molecule has 5 nitrogen and oxygen atoms in total. The normalized spacial score (nSPS) is 13.2. The van der Waals surface area contributed by atoms with Crippen LogP contribution in [0, 0.1) is 0 Å². The van der Waals surface area contributed by atoms with Crippen LogP contribution < -0.4 is 5.32 Å². The molecule has 0 spiro atoms. The highest BCUT2D eigenvalue weighted by molar-refractivity contribution is 7.08. The summed E-state index contributed by atoms with van der Waals surface area (Å²) in [5.74, 6) is 0.0713. The van der Waals surface area contributed by atoms with Gasteiger partial charge in [0.2, 0.25) is 0 Å². The Morgan fingerprint density at radius 3 is 2.72 bits per heavy atom. The number of nitrogens with one attached hydrogen (secondary N) is 1. The topological polar surface area (TPSA) is 75.1 Å². The van der Waals surface area contributed by atoms with Gasteiger partial charge in [-0.05, 0) is 59.6 Å². The van der Waals surface area contributed by atoms with Crippen molar-refractivity contribution in [2.24, 2.45) is 0 Å². The number of halogens is 1. The Bertz CT molecular complexity index is 864. The molecule has 3 rings (SSSR count). The van der Waals surface area contributed by atoms with E-state index in [4.69, 9.17) is 11.6 Å². The van der Waals surface area contributed by atoms with Crippen molar-refractivity contribution in [1.82, 2.24) is 15.3 Å². The molecule has 2 aromatic heterocycles. The molecular weight excluding hydrogens is 358 g/mol. The number of nitrogens with zero attached hydrogens (tertiary/aromatic N) is 2. The molecular formula is C18H16ClN3O2S. The van der Waals surface area contributed by atoms with Gasteiger partial charge in [0, 0.05) is 16.8 Å². The molecule has 0 aliphatic carbocycles. The van der Waals surface area contributed by atoms with E-state index in [-0.39, 0.29) is 18.1 Å². The lowest BCUT2D eigenvalue weighted by molar-refractivity contribution is 0.0528. The van der Waals surface area contributed by atoms with Gasteiger partial charge in [-0.2, -0.15) is 11.3 Å². The van der Waals surface area contributed by atoms with E-state index in [1.54, 1.807) is 31.2 Å². The maximum Gasteiger partial charge on any atom is 0.270 e. The first-order valence-electron chi connectivity index (χ1n) is 7.58. The van der Waals surface area contributed by atoms with E-state index in [9.17, 15) is 9.90 Å². The molecule has 0 aliphatic heterocycles. The van der Waals surface area contributed by atoms with Crippen LogP contribution >= 0.6 is 22.9 Å². The summed E-state index contributed by atoms with van der Waals surface area (Å²) < 4.78 is 0. The molecule has 0 bridgehead atoms. The number of hydrogen-bond acceptors (Lipinski definition) is 5. The van der Waals surface area contributed by atoms with Gasteiger partial charge in [-0.3, -0.25) is 4.79 Å². The maximum atomic E-state index is 12.4. The number of aromatic nitrogens is 2. The van der Waals surface area contributed by atoms with Gasteiger partial charge < -0.3 is 10.4 Å². The predicted molar refractivity (Wildman–Crippen MR) is 98.7 cm³/mol. The lowest BCUT2D eigenvalue weighted by Crippen LogP contribution is -2.38. The van der Waals surface area contributed by atoms with E-state index in [0.29, 0.717) is 10.8 Å². The largest absolute Gasteiger partial charge is 0.384 e. The van der Waals surface area contributed by atoms with Crippen LogP contribution in [0.15, 0.2) is 53.4 Å². The molecule has 7 heteroatoms. The van der Waals surface area contributed by atoms with Crippen LogP contribution in [0.2, 0.25) is 5.02 Å². The first kappa shape index (κ1) is 17.5. The van der Waals surface area contributed by atoms with E-state index in [0.717, 1.165) is 11.1 Å². The smallest absolute Gasteiger partial charge is 0.270 e. The highest BCUT2D eigenvalue weighted by atomic mass is 35.5. The molecule has 128 valence electrons. The van der Waals surface area contributed by atoms with Gasteiger partial charge in [0.1, 0.15) is 11.3 Å². The molecule has 2 N–H and O–H groups in total. The van der Waals surface area contributed by atoms with Gasteiger partial charge in [-0.25, -0.2) is 9.97 Å². The van der Waals surface area contributed by atoms with E-state index in [1.165, 1.54) is 23.6 Å². The van der Waals surface area contributed by atoms with Crippen LogP contribution in [0.25, 0.3) is 11.4 Å².